The van der Waals surface area contributed by atoms with E-state index in [0.29, 0.717) is 0 Å². The topological polar surface area (TPSA) is 26.3 Å². The van der Waals surface area contributed by atoms with Gasteiger partial charge in [-0.05, 0) is 20.3 Å². The molecule has 0 N–H and O–H groups in total. The molecule has 0 heterocycles. The van der Waals surface area contributed by atoms with Gasteiger partial charge in [-0.3, -0.25) is 4.79 Å². The molecule has 0 aliphatic carbocycles. The molecular weight excluding hydrogens is 140 g/mol. The van der Waals surface area contributed by atoms with E-state index >= 15 is 0 Å². The van der Waals surface area contributed by atoms with Gasteiger partial charge < -0.3 is 4.74 Å². The van der Waals surface area contributed by atoms with Gasteiger partial charge in [0.25, 0.3) is 0 Å². The molecule has 0 bridgehead atoms. The zero-order valence-corrected chi connectivity index (χ0v) is 8.10. The van der Waals surface area contributed by atoms with Crippen LogP contribution in [0.5, 0.6) is 0 Å². The van der Waals surface area contributed by atoms with Gasteiger partial charge in [0.2, 0.25) is 0 Å². The minimum Gasteiger partial charge on any atom is -0.371 e. The first-order chi connectivity index (χ1) is 4.95. The quantitative estimate of drug-likeness (QED) is 0.625. The minimum absolute atomic E-state index is 0.102. The van der Waals surface area contributed by atoms with Gasteiger partial charge >= 0.3 is 0 Å². The van der Waals surface area contributed by atoms with Crippen LogP contribution in [0.4, 0.5) is 0 Å². The van der Waals surface area contributed by atoms with Crippen molar-refractivity contribution in [1.29, 1.82) is 0 Å². The molecule has 0 spiro atoms. The number of hydrogen-bond donors (Lipinski definition) is 0. The van der Waals surface area contributed by atoms with E-state index in [9.17, 15) is 4.79 Å². The van der Waals surface area contributed by atoms with E-state index in [2.05, 4.69) is 0 Å². The standard InChI is InChI=1S/C9H18O2/c1-6-7(2)8(10)9(3,4)11-5/h7H,6H2,1-5H3. The van der Waals surface area contributed by atoms with Crippen LogP contribution in [0.25, 0.3) is 0 Å². The second-order valence-electron chi connectivity index (χ2n) is 3.39. The van der Waals surface area contributed by atoms with E-state index < -0.39 is 5.60 Å². The number of ether oxygens (including phenoxy) is 1. The zero-order chi connectivity index (χ0) is 9.07. The predicted molar refractivity (Wildman–Crippen MR) is 45.6 cm³/mol. The second kappa shape index (κ2) is 3.86. The summed E-state index contributed by atoms with van der Waals surface area (Å²) in [6, 6.07) is 0. The maximum absolute atomic E-state index is 11.5. The third kappa shape index (κ3) is 2.62. The van der Waals surface area contributed by atoms with Crippen LogP contribution >= 0.6 is 0 Å². The summed E-state index contributed by atoms with van der Waals surface area (Å²) in [7, 11) is 1.57. The second-order valence-corrected chi connectivity index (χ2v) is 3.39. The van der Waals surface area contributed by atoms with Crippen LogP contribution in [0.15, 0.2) is 0 Å². The van der Waals surface area contributed by atoms with Crippen LogP contribution in [-0.4, -0.2) is 18.5 Å². The molecule has 0 saturated carbocycles. The highest BCUT2D eigenvalue weighted by Gasteiger charge is 2.29. The molecule has 0 aromatic carbocycles. The maximum Gasteiger partial charge on any atom is 0.166 e. The Bertz CT molecular complexity index is 138. The van der Waals surface area contributed by atoms with Crippen LogP contribution in [0.1, 0.15) is 34.1 Å². The van der Waals surface area contributed by atoms with Crippen molar-refractivity contribution >= 4 is 5.78 Å². The summed E-state index contributed by atoms with van der Waals surface area (Å²) in [5, 5.41) is 0. The number of Topliss-reactive ketones (excluding diaryl/α,β-unsaturated/α-hetero) is 1. The number of ketones is 1. The molecule has 0 aliphatic rings. The Kier molecular flexibility index (Phi) is 3.73. The first-order valence-corrected chi connectivity index (χ1v) is 4.05. The Morgan fingerprint density at radius 1 is 1.55 bits per heavy atom. The Hall–Kier alpha value is -0.370. The van der Waals surface area contributed by atoms with Gasteiger partial charge in [-0.2, -0.15) is 0 Å². The molecule has 66 valence electrons. The molecule has 1 unspecified atom stereocenters. The van der Waals surface area contributed by atoms with Gasteiger partial charge in [-0.1, -0.05) is 13.8 Å². The highest BCUT2D eigenvalue weighted by atomic mass is 16.5. The summed E-state index contributed by atoms with van der Waals surface area (Å²) in [5.74, 6) is 0.285. The fourth-order valence-corrected chi connectivity index (χ4v) is 0.879. The molecule has 0 rings (SSSR count). The largest absolute Gasteiger partial charge is 0.371 e. The molecule has 11 heavy (non-hydrogen) atoms. The molecule has 0 fully saturated rings. The van der Waals surface area contributed by atoms with E-state index in [4.69, 9.17) is 4.74 Å². The minimum atomic E-state index is -0.616. The Morgan fingerprint density at radius 3 is 2.27 bits per heavy atom. The van der Waals surface area contributed by atoms with Crippen molar-refractivity contribution in [2.75, 3.05) is 7.11 Å². The summed E-state index contributed by atoms with van der Waals surface area (Å²) < 4.78 is 5.07. The van der Waals surface area contributed by atoms with Gasteiger partial charge in [-0.15, -0.1) is 0 Å². The molecular formula is C9H18O2. The molecule has 1 atom stereocenters. The van der Waals surface area contributed by atoms with Crippen molar-refractivity contribution in [3.8, 4) is 0 Å². The van der Waals surface area contributed by atoms with Crippen LogP contribution in [0.2, 0.25) is 0 Å². The first-order valence-electron chi connectivity index (χ1n) is 4.05. The SMILES string of the molecule is CCC(C)C(=O)C(C)(C)OC. The summed E-state index contributed by atoms with van der Waals surface area (Å²) in [4.78, 5) is 11.5. The van der Waals surface area contributed by atoms with E-state index in [1.54, 1.807) is 7.11 Å². The van der Waals surface area contributed by atoms with Gasteiger partial charge in [0.1, 0.15) is 5.60 Å². The van der Waals surface area contributed by atoms with Crippen molar-refractivity contribution in [3.05, 3.63) is 0 Å². The lowest BCUT2D eigenvalue weighted by atomic mass is 9.91. The lowest BCUT2D eigenvalue weighted by molar-refractivity contribution is -0.141. The van der Waals surface area contributed by atoms with E-state index in [1.807, 2.05) is 27.7 Å². The highest BCUT2D eigenvalue weighted by Crippen LogP contribution is 2.16. The molecule has 0 saturated heterocycles. The Labute approximate surface area is 68.9 Å². The third-order valence-corrected chi connectivity index (χ3v) is 2.16. The van der Waals surface area contributed by atoms with Crippen molar-refractivity contribution < 1.29 is 9.53 Å². The zero-order valence-electron chi connectivity index (χ0n) is 8.10. The summed E-state index contributed by atoms with van der Waals surface area (Å²) >= 11 is 0. The smallest absolute Gasteiger partial charge is 0.166 e. The lowest BCUT2D eigenvalue weighted by Crippen LogP contribution is -2.37. The lowest BCUT2D eigenvalue weighted by Gasteiger charge is -2.24. The summed E-state index contributed by atoms with van der Waals surface area (Å²) in [6.07, 6.45) is 0.881. The number of methoxy groups -OCH3 is 1. The van der Waals surface area contributed by atoms with Crippen LogP contribution < -0.4 is 0 Å². The average molecular weight is 158 g/mol. The number of carbonyl (C=O) groups excluding carboxylic acids is 1. The van der Waals surface area contributed by atoms with Crippen molar-refractivity contribution in [2.45, 2.75) is 39.7 Å². The monoisotopic (exact) mass is 158 g/mol. The van der Waals surface area contributed by atoms with Crippen LogP contribution in [0.3, 0.4) is 0 Å². The maximum atomic E-state index is 11.5. The van der Waals surface area contributed by atoms with Crippen LogP contribution in [-0.2, 0) is 9.53 Å². The van der Waals surface area contributed by atoms with Gasteiger partial charge in [0.05, 0.1) is 0 Å². The van der Waals surface area contributed by atoms with E-state index in [-0.39, 0.29) is 11.7 Å². The Balaban J connectivity index is 4.23. The molecule has 0 aromatic heterocycles. The van der Waals surface area contributed by atoms with E-state index in [1.165, 1.54) is 0 Å². The third-order valence-electron chi connectivity index (χ3n) is 2.16. The van der Waals surface area contributed by atoms with Crippen LogP contribution in [0, 0.1) is 5.92 Å². The molecule has 2 heteroatoms. The molecule has 0 radical (unpaired) electrons. The molecule has 0 aromatic rings. The highest BCUT2D eigenvalue weighted by molar-refractivity contribution is 5.88. The van der Waals surface area contributed by atoms with Crippen molar-refractivity contribution in [3.63, 3.8) is 0 Å². The van der Waals surface area contributed by atoms with Gasteiger partial charge in [0.15, 0.2) is 5.78 Å². The fourth-order valence-electron chi connectivity index (χ4n) is 0.879. The van der Waals surface area contributed by atoms with Crippen molar-refractivity contribution in [1.82, 2.24) is 0 Å². The molecule has 0 aliphatic heterocycles. The Morgan fingerprint density at radius 2 is 2.00 bits per heavy atom. The first kappa shape index (κ1) is 10.6. The summed E-state index contributed by atoms with van der Waals surface area (Å²) in [6.45, 7) is 7.56. The summed E-state index contributed by atoms with van der Waals surface area (Å²) in [5.41, 5.74) is -0.616. The van der Waals surface area contributed by atoms with E-state index in [0.717, 1.165) is 6.42 Å². The average Bonchev–Trinajstić information content (AvgIpc) is 2.01. The van der Waals surface area contributed by atoms with Crippen molar-refractivity contribution in [2.24, 2.45) is 5.92 Å². The molecule has 0 amide bonds. The number of carbonyl (C=O) groups is 1. The number of rotatable bonds is 4. The van der Waals surface area contributed by atoms with Gasteiger partial charge in [-0.25, -0.2) is 0 Å². The van der Waals surface area contributed by atoms with Gasteiger partial charge in [0, 0.05) is 13.0 Å². The normalized spacial score (nSPS) is 14.6. The fraction of sp³-hybridized carbons (Fsp3) is 0.889. The predicted octanol–water partition coefficient (Wildman–Crippen LogP) is 2.03. The molecule has 2 nitrogen and oxygen atoms in total. The number of hydrogen-bond acceptors (Lipinski definition) is 2.